The Balaban J connectivity index is 1.93. The van der Waals surface area contributed by atoms with Gasteiger partial charge in [0.15, 0.2) is 0 Å². The summed E-state index contributed by atoms with van der Waals surface area (Å²) in [5, 5.41) is 9.38. The fraction of sp³-hybridized carbons (Fsp3) is 0.588. The van der Waals surface area contributed by atoms with Crippen molar-refractivity contribution in [2.75, 3.05) is 6.61 Å². The highest BCUT2D eigenvalue weighted by Crippen LogP contribution is 2.38. The van der Waals surface area contributed by atoms with E-state index in [9.17, 15) is 4.79 Å². The Kier molecular flexibility index (Phi) is 6.37. The average Bonchev–Trinajstić information content (AvgIpc) is 2.49. The summed E-state index contributed by atoms with van der Waals surface area (Å²) in [5.74, 6) is 0.720. The maximum absolute atomic E-state index is 10.5. The molecule has 1 fully saturated rings. The van der Waals surface area contributed by atoms with E-state index in [4.69, 9.17) is 21.4 Å². The van der Waals surface area contributed by atoms with Crippen LogP contribution in [0.25, 0.3) is 0 Å². The molecule has 0 aliphatic heterocycles. The molecule has 116 valence electrons. The molecule has 4 heteroatoms. The largest absolute Gasteiger partial charge is 0.493 e. The first-order chi connectivity index (χ1) is 10.2. The van der Waals surface area contributed by atoms with E-state index in [2.05, 4.69) is 0 Å². The zero-order chi connectivity index (χ0) is 15.1. The third-order valence-corrected chi connectivity index (χ3v) is 4.29. The third-order valence-electron chi connectivity index (χ3n) is 4.06. The van der Waals surface area contributed by atoms with Gasteiger partial charge in [-0.15, -0.1) is 0 Å². The van der Waals surface area contributed by atoms with Gasteiger partial charge in [0, 0.05) is 11.4 Å². The van der Waals surface area contributed by atoms with Gasteiger partial charge in [0.25, 0.3) is 0 Å². The number of hydrogen-bond acceptors (Lipinski definition) is 2. The smallest absolute Gasteiger partial charge is 0.303 e. The molecule has 0 amide bonds. The van der Waals surface area contributed by atoms with Gasteiger partial charge in [0.1, 0.15) is 5.75 Å². The van der Waals surface area contributed by atoms with Crippen molar-refractivity contribution in [2.45, 2.75) is 57.3 Å². The summed E-state index contributed by atoms with van der Waals surface area (Å²) in [6.07, 6.45) is 7.90. The normalized spacial score (nSPS) is 15.9. The number of carboxylic acid groups (broad SMARTS) is 1. The van der Waals surface area contributed by atoms with E-state index in [0.717, 1.165) is 17.2 Å². The van der Waals surface area contributed by atoms with Crippen molar-refractivity contribution in [2.24, 2.45) is 0 Å². The van der Waals surface area contributed by atoms with Crippen molar-refractivity contribution < 1.29 is 14.6 Å². The van der Waals surface area contributed by atoms with Gasteiger partial charge in [-0.2, -0.15) is 0 Å². The highest BCUT2D eigenvalue weighted by atomic mass is 35.5. The maximum Gasteiger partial charge on any atom is 0.303 e. The monoisotopic (exact) mass is 310 g/mol. The van der Waals surface area contributed by atoms with Crippen LogP contribution in [-0.4, -0.2) is 17.7 Å². The van der Waals surface area contributed by atoms with Gasteiger partial charge in [0.2, 0.25) is 0 Å². The van der Waals surface area contributed by atoms with E-state index in [0.29, 0.717) is 18.9 Å². The number of unbranched alkanes of at least 4 members (excludes halogenated alkanes) is 1. The van der Waals surface area contributed by atoms with E-state index >= 15 is 0 Å². The lowest BCUT2D eigenvalue weighted by Gasteiger charge is -2.24. The molecule has 1 saturated carbocycles. The van der Waals surface area contributed by atoms with E-state index in [1.807, 2.05) is 18.2 Å². The van der Waals surface area contributed by atoms with Crippen molar-refractivity contribution in [3.05, 3.63) is 28.8 Å². The van der Waals surface area contributed by atoms with Crippen LogP contribution in [0.4, 0.5) is 0 Å². The molecule has 0 bridgehead atoms. The van der Waals surface area contributed by atoms with Crippen LogP contribution in [0.15, 0.2) is 18.2 Å². The van der Waals surface area contributed by atoms with Gasteiger partial charge in [-0.25, -0.2) is 0 Å². The predicted molar refractivity (Wildman–Crippen MR) is 84.3 cm³/mol. The summed E-state index contributed by atoms with van der Waals surface area (Å²) in [7, 11) is 0. The maximum atomic E-state index is 10.5. The summed E-state index contributed by atoms with van der Waals surface area (Å²) >= 11 is 6.13. The molecule has 0 aromatic heterocycles. The highest BCUT2D eigenvalue weighted by molar-refractivity contribution is 6.30. The van der Waals surface area contributed by atoms with Crippen molar-refractivity contribution in [1.82, 2.24) is 0 Å². The fourth-order valence-corrected chi connectivity index (χ4v) is 3.12. The molecular formula is C17H23ClO3. The average molecular weight is 311 g/mol. The van der Waals surface area contributed by atoms with Crippen LogP contribution in [0.3, 0.4) is 0 Å². The number of carboxylic acids is 1. The van der Waals surface area contributed by atoms with E-state index in [1.54, 1.807) is 0 Å². The molecule has 0 spiro atoms. The molecule has 2 rings (SSSR count). The molecule has 0 unspecified atom stereocenters. The predicted octanol–water partition coefficient (Wildman–Crippen LogP) is 5.02. The molecule has 0 heterocycles. The lowest BCUT2D eigenvalue weighted by molar-refractivity contribution is -0.137. The minimum Gasteiger partial charge on any atom is -0.493 e. The summed E-state index contributed by atoms with van der Waals surface area (Å²) in [5.41, 5.74) is 1.22. The number of halogens is 1. The van der Waals surface area contributed by atoms with E-state index in [1.165, 1.54) is 37.7 Å². The Hall–Kier alpha value is -1.22. The molecule has 0 radical (unpaired) electrons. The third kappa shape index (κ3) is 5.24. The molecule has 0 saturated heterocycles. The quantitative estimate of drug-likeness (QED) is 0.719. The van der Waals surface area contributed by atoms with Gasteiger partial charge >= 0.3 is 5.97 Å². The fourth-order valence-electron chi connectivity index (χ4n) is 2.94. The minimum atomic E-state index is -0.746. The van der Waals surface area contributed by atoms with Crippen LogP contribution in [0.5, 0.6) is 5.75 Å². The van der Waals surface area contributed by atoms with Crippen molar-refractivity contribution in [3.63, 3.8) is 0 Å². The number of rotatable bonds is 7. The Labute approximate surface area is 131 Å². The summed E-state index contributed by atoms with van der Waals surface area (Å²) < 4.78 is 5.88. The topological polar surface area (TPSA) is 46.5 Å². The van der Waals surface area contributed by atoms with Crippen molar-refractivity contribution in [1.29, 1.82) is 0 Å². The Morgan fingerprint density at radius 3 is 2.71 bits per heavy atom. The summed E-state index contributed by atoms with van der Waals surface area (Å²) in [6.45, 7) is 0.564. The molecule has 1 N–H and O–H groups in total. The van der Waals surface area contributed by atoms with Crippen LogP contribution in [0.2, 0.25) is 5.02 Å². The van der Waals surface area contributed by atoms with Crippen molar-refractivity contribution in [3.8, 4) is 5.75 Å². The SMILES string of the molecule is O=C(O)CCCCOc1ccc(Cl)cc1C1CCCCC1. The van der Waals surface area contributed by atoms with Gasteiger partial charge in [-0.05, 0) is 55.4 Å². The summed E-state index contributed by atoms with van der Waals surface area (Å²) in [6, 6.07) is 5.84. The molecule has 0 atom stereocenters. The molecule has 1 aromatic rings. The second kappa shape index (κ2) is 8.28. The first-order valence-electron chi connectivity index (χ1n) is 7.81. The number of hydrogen-bond donors (Lipinski definition) is 1. The molecular weight excluding hydrogens is 288 g/mol. The molecule has 21 heavy (non-hydrogen) atoms. The van der Waals surface area contributed by atoms with Crippen LogP contribution < -0.4 is 4.74 Å². The number of carbonyl (C=O) groups is 1. The van der Waals surface area contributed by atoms with Crippen LogP contribution in [0.1, 0.15) is 62.8 Å². The highest BCUT2D eigenvalue weighted by Gasteiger charge is 2.19. The molecule has 1 aromatic carbocycles. The Bertz CT molecular complexity index is 467. The van der Waals surface area contributed by atoms with Gasteiger partial charge in [-0.1, -0.05) is 30.9 Å². The van der Waals surface area contributed by atoms with Gasteiger partial charge in [-0.3, -0.25) is 4.79 Å². The molecule has 1 aliphatic carbocycles. The Morgan fingerprint density at radius 2 is 2.00 bits per heavy atom. The molecule has 1 aliphatic rings. The van der Waals surface area contributed by atoms with E-state index < -0.39 is 5.97 Å². The van der Waals surface area contributed by atoms with Gasteiger partial charge in [0.05, 0.1) is 6.61 Å². The Morgan fingerprint density at radius 1 is 1.24 bits per heavy atom. The standard InChI is InChI=1S/C17H23ClO3/c18-14-9-10-16(21-11-5-4-8-17(19)20)15(12-14)13-6-2-1-3-7-13/h9-10,12-13H,1-8,11H2,(H,19,20). The van der Waals surface area contributed by atoms with E-state index in [-0.39, 0.29) is 6.42 Å². The van der Waals surface area contributed by atoms with Crippen LogP contribution in [0, 0.1) is 0 Å². The lowest BCUT2D eigenvalue weighted by atomic mass is 9.84. The number of benzene rings is 1. The van der Waals surface area contributed by atoms with Crippen LogP contribution in [-0.2, 0) is 4.79 Å². The van der Waals surface area contributed by atoms with Crippen molar-refractivity contribution >= 4 is 17.6 Å². The second-order valence-corrected chi connectivity index (χ2v) is 6.15. The zero-order valence-corrected chi connectivity index (χ0v) is 13.1. The first-order valence-corrected chi connectivity index (χ1v) is 8.18. The minimum absolute atomic E-state index is 0.208. The summed E-state index contributed by atoms with van der Waals surface area (Å²) in [4.78, 5) is 10.5. The number of ether oxygens (including phenoxy) is 1. The second-order valence-electron chi connectivity index (χ2n) is 5.72. The first kappa shape index (κ1) is 16.2. The zero-order valence-electron chi connectivity index (χ0n) is 12.3. The number of aliphatic carboxylic acids is 1. The van der Waals surface area contributed by atoms with Gasteiger partial charge < -0.3 is 9.84 Å². The lowest BCUT2D eigenvalue weighted by Crippen LogP contribution is -2.08. The molecule has 3 nitrogen and oxygen atoms in total. The van der Waals surface area contributed by atoms with Crippen LogP contribution >= 0.6 is 11.6 Å².